The maximum atomic E-state index is 11.9. The van der Waals surface area contributed by atoms with Crippen LogP contribution < -0.4 is 15.8 Å². The minimum absolute atomic E-state index is 0.0396. The summed E-state index contributed by atoms with van der Waals surface area (Å²) in [5, 5.41) is 2.57. The van der Waals surface area contributed by atoms with Gasteiger partial charge < -0.3 is 15.8 Å². The van der Waals surface area contributed by atoms with Crippen LogP contribution >= 0.6 is 0 Å². The van der Waals surface area contributed by atoms with E-state index in [1.54, 1.807) is 6.92 Å². The predicted octanol–water partition coefficient (Wildman–Crippen LogP) is 1.96. The Morgan fingerprint density at radius 1 is 1.41 bits per heavy atom. The monoisotopic (exact) mass is 244 g/mol. The first-order valence-corrected chi connectivity index (χ1v) is 5.14. The third-order valence-electron chi connectivity index (χ3n) is 2.12. The first kappa shape index (κ1) is 13.4. The number of hydrogen-bond acceptors (Lipinski definition) is 3. The molecule has 0 heterocycles. The van der Waals surface area contributed by atoms with Crippen LogP contribution in [0, 0.1) is 0 Å². The molecular formula is C11H14F2N2O2. The summed E-state index contributed by atoms with van der Waals surface area (Å²) >= 11 is 0. The van der Waals surface area contributed by atoms with E-state index in [1.807, 2.05) is 0 Å². The fourth-order valence-corrected chi connectivity index (χ4v) is 1.14. The van der Waals surface area contributed by atoms with Crippen LogP contribution in [0.15, 0.2) is 24.3 Å². The van der Waals surface area contributed by atoms with Gasteiger partial charge in [0.05, 0.1) is 6.04 Å². The van der Waals surface area contributed by atoms with Crippen LogP contribution in [0.25, 0.3) is 0 Å². The SMILES string of the molecule is CCC(N)C(=O)Nc1ccc(OC(F)F)cc1. The molecule has 0 aliphatic carbocycles. The van der Waals surface area contributed by atoms with Crippen LogP contribution in [0.1, 0.15) is 13.3 Å². The lowest BCUT2D eigenvalue weighted by atomic mass is 10.2. The quantitative estimate of drug-likeness (QED) is 0.832. The number of rotatable bonds is 5. The highest BCUT2D eigenvalue weighted by atomic mass is 19.3. The van der Waals surface area contributed by atoms with Crippen molar-refractivity contribution in [2.24, 2.45) is 5.73 Å². The zero-order valence-corrected chi connectivity index (χ0v) is 9.32. The number of hydrogen-bond donors (Lipinski definition) is 2. The van der Waals surface area contributed by atoms with Gasteiger partial charge in [0.25, 0.3) is 0 Å². The predicted molar refractivity (Wildman–Crippen MR) is 60.0 cm³/mol. The van der Waals surface area contributed by atoms with Crippen molar-refractivity contribution in [3.05, 3.63) is 24.3 Å². The molecule has 1 aromatic rings. The van der Waals surface area contributed by atoms with E-state index < -0.39 is 12.7 Å². The second-order valence-corrected chi connectivity index (χ2v) is 3.41. The molecule has 17 heavy (non-hydrogen) atoms. The number of carbonyl (C=O) groups is 1. The van der Waals surface area contributed by atoms with Gasteiger partial charge in [-0.1, -0.05) is 6.92 Å². The third-order valence-corrected chi connectivity index (χ3v) is 2.12. The molecular weight excluding hydrogens is 230 g/mol. The average molecular weight is 244 g/mol. The van der Waals surface area contributed by atoms with Gasteiger partial charge in [-0.15, -0.1) is 0 Å². The van der Waals surface area contributed by atoms with Crippen LogP contribution in [0.3, 0.4) is 0 Å². The third kappa shape index (κ3) is 4.36. The van der Waals surface area contributed by atoms with Crippen molar-refractivity contribution >= 4 is 11.6 Å². The Morgan fingerprint density at radius 3 is 2.47 bits per heavy atom. The highest BCUT2D eigenvalue weighted by Gasteiger charge is 2.11. The first-order valence-electron chi connectivity index (χ1n) is 5.14. The molecule has 0 saturated carbocycles. The topological polar surface area (TPSA) is 64.4 Å². The lowest BCUT2D eigenvalue weighted by molar-refractivity contribution is -0.117. The molecule has 0 spiro atoms. The van der Waals surface area contributed by atoms with E-state index in [4.69, 9.17) is 5.73 Å². The summed E-state index contributed by atoms with van der Waals surface area (Å²) in [5.41, 5.74) is 6.01. The lowest BCUT2D eigenvalue weighted by Crippen LogP contribution is -2.34. The Hall–Kier alpha value is -1.69. The normalized spacial score (nSPS) is 12.3. The van der Waals surface area contributed by atoms with E-state index in [-0.39, 0.29) is 11.7 Å². The molecule has 3 N–H and O–H groups in total. The van der Waals surface area contributed by atoms with Crippen molar-refractivity contribution in [2.45, 2.75) is 26.0 Å². The highest BCUT2D eigenvalue weighted by Crippen LogP contribution is 2.17. The van der Waals surface area contributed by atoms with E-state index in [2.05, 4.69) is 10.1 Å². The number of amides is 1. The van der Waals surface area contributed by atoms with Gasteiger partial charge in [-0.25, -0.2) is 0 Å². The molecule has 1 atom stereocenters. The number of nitrogens with two attached hydrogens (primary N) is 1. The zero-order valence-electron chi connectivity index (χ0n) is 9.32. The molecule has 0 bridgehead atoms. The molecule has 0 aliphatic heterocycles. The molecule has 1 rings (SSSR count). The highest BCUT2D eigenvalue weighted by molar-refractivity contribution is 5.94. The summed E-state index contributed by atoms with van der Waals surface area (Å²) in [6.07, 6.45) is 0.526. The summed E-state index contributed by atoms with van der Waals surface area (Å²) in [6.45, 7) is -1.06. The second kappa shape index (κ2) is 6.15. The Kier molecular flexibility index (Phi) is 4.84. The number of alkyl halides is 2. The molecule has 0 fully saturated rings. The molecule has 6 heteroatoms. The van der Waals surface area contributed by atoms with Crippen LogP contribution in [0.4, 0.5) is 14.5 Å². The summed E-state index contributed by atoms with van der Waals surface area (Å²) in [7, 11) is 0. The van der Waals surface area contributed by atoms with Gasteiger partial charge in [-0.3, -0.25) is 4.79 Å². The minimum Gasteiger partial charge on any atom is -0.435 e. The summed E-state index contributed by atoms with van der Waals surface area (Å²) < 4.78 is 27.9. The van der Waals surface area contributed by atoms with Crippen molar-refractivity contribution in [3.63, 3.8) is 0 Å². The van der Waals surface area contributed by atoms with E-state index >= 15 is 0 Å². The average Bonchev–Trinajstić information content (AvgIpc) is 2.30. The van der Waals surface area contributed by atoms with Crippen molar-refractivity contribution in [1.29, 1.82) is 0 Å². The summed E-state index contributed by atoms with van der Waals surface area (Å²) in [4.78, 5) is 11.4. The van der Waals surface area contributed by atoms with Gasteiger partial charge in [0.2, 0.25) is 5.91 Å². The molecule has 0 aromatic heterocycles. The number of halogens is 2. The molecule has 0 aliphatic rings. The molecule has 0 saturated heterocycles. The van der Waals surface area contributed by atoms with Crippen LogP contribution in [-0.4, -0.2) is 18.6 Å². The Morgan fingerprint density at radius 2 is 2.00 bits per heavy atom. The van der Waals surface area contributed by atoms with E-state index in [0.717, 1.165) is 0 Å². The molecule has 0 radical (unpaired) electrons. The van der Waals surface area contributed by atoms with Gasteiger partial charge in [0.1, 0.15) is 5.75 Å². The maximum absolute atomic E-state index is 11.9. The standard InChI is InChI=1S/C11H14F2N2O2/c1-2-9(14)10(16)15-7-3-5-8(6-4-7)17-11(12)13/h3-6,9,11H,2,14H2,1H3,(H,15,16). The largest absolute Gasteiger partial charge is 0.435 e. The van der Waals surface area contributed by atoms with Gasteiger partial charge >= 0.3 is 6.61 Å². The maximum Gasteiger partial charge on any atom is 0.387 e. The smallest absolute Gasteiger partial charge is 0.387 e. The van der Waals surface area contributed by atoms with Crippen molar-refractivity contribution in [2.75, 3.05) is 5.32 Å². The van der Waals surface area contributed by atoms with Crippen molar-refractivity contribution in [1.82, 2.24) is 0 Å². The molecule has 94 valence electrons. The number of benzene rings is 1. The van der Waals surface area contributed by atoms with Crippen LogP contribution in [-0.2, 0) is 4.79 Å². The molecule has 1 unspecified atom stereocenters. The number of ether oxygens (including phenoxy) is 1. The summed E-state index contributed by atoms with van der Waals surface area (Å²) in [6, 6.07) is 5.06. The Labute approximate surface area is 97.8 Å². The Balaban J connectivity index is 2.59. The van der Waals surface area contributed by atoms with E-state index in [9.17, 15) is 13.6 Å². The molecule has 1 aromatic carbocycles. The zero-order chi connectivity index (χ0) is 12.8. The van der Waals surface area contributed by atoms with Crippen LogP contribution in [0.2, 0.25) is 0 Å². The number of anilines is 1. The van der Waals surface area contributed by atoms with E-state index in [0.29, 0.717) is 12.1 Å². The fourth-order valence-electron chi connectivity index (χ4n) is 1.14. The van der Waals surface area contributed by atoms with Crippen molar-refractivity contribution < 1.29 is 18.3 Å². The van der Waals surface area contributed by atoms with Crippen LogP contribution in [0.5, 0.6) is 5.75 Å². The minimum atomic E-state index is -2.86. The van der Waals surface area contributed by atoms with Crippen molar-refractivity contribution in [3.8, 4) is 5.75 Å². The Bertz CT molecular complexity index is 368. The second-order valence-electron chi connectivity index (χ2n) is 3.41. The van der Waals surface area contributed by atoms with Gasteiger partial charge in [-0.05, 0) is 30.7 Å². The lowest BCUT2D eigenvalue weighted by Gasteiger charge is -2.10. The van der Waals surface area contributed by atoms with Gasteiger partial charge in [0.15, 0.2) is 0 Å². The van der Waals surface area contributed by atoms with E-state index in [1.165, 1.54) is 24.3 Å². The number of carbonyl (C=O) groups excluding carboxylic acids is 1. The first-order chi connectivity index (χ1) is 8.02. The molecule has 1 amide bonds. The molecule has 4 nitrogen and oxygen atoms in total. The number of nitrogens with one attached hydrogen (secondary N) is 1. The summed E-state index contributed by atoms with van der Waals surface area (Å²) in [5.74, 6) is -0.271. The fraction of sp³-hybridized carbons (Fsp3) is 0.364. The van der Waals surface area contributed by atoms with Gasteiger partial charge in [0, 0.05) is 5.69 Å². The van der Waals surface area contributed by atoms with Gasteiger partial charge in [-0.2, -0.15) is 8.78 Å².